The van der Waals surface area contributed by atoms with E-state index in [0.29, 0.717) is 19.1 Å². The van der Waals surface area contributed by atoms with Crippen molar-refractivity contribution in [2.24, 2.45) is 5.92 Å². The summed E-state index contributed by atoms with van der Waals surface area (Å²) in [6.07, 6.45) is 2.43. The van der Waals surface area contributed by atoms with E-state index in [-0.39, 0.29) is 18.2 Å². The van der Waals surface area contributed by atoms with Crippen LogP contribution < -0.4 is 5.32 Å². The highest BCUT2D eigenvalue weighted by molar-refractivity contribution is 5.90. The van der Waals surface area contributed by atoms with Crippen LogP contribution in [0.2, 0.25) is 0 Å². The molecule has 0 radical (unpaired) electrons. The third-order valence-electron chi connectivity index (χ3n) is 4.34. The number of carbonyl (C=O) groups is 3. The molecule has 0 saturated carbocycles. The highest BCUT2D eigenvalue weighted by Gasteiger charge is 2.36. The van der Waals surface area contributed by atoms with Crippen LogP contribution in [0.15, 0.2) is 0 Å². The average Bonchev–Trinajstić information content (AvgIpc) is 3.03. The number of aliphatic carboxylic acids is 1. The molecular formula is C14H23N3O4. The summed E-state index contributed by atoms with van der Waals surface area (Å²) in [4.78, 5) is 38.4. The number of carbonyl (C=O) groups excluding carboxylic acids is 2. The topological polar surface area (TPSA) is 89.9 Å². The predicted octanol–water partition coefficient (Wildman–Crippen LogP) is -0.480. The molecule has 0 aromatic rings. The molecule has 0 aromatic heterocycles. The molecule has 2 amide bonds. The number of rotatable bonds is 6. The first kappa shape index (κ1) is 15.8. The molecule has 2 heterocycles. The number of amides is 2. The lowest BCUT2D eigenvalue weighted by Gasteiger charge is -2.27. The molecule has 2 unspecified atom stereocenters. The third-order valence-corrected chi connectivity index (χ3v) is 4.34. The van der Waals surface area contributed by atoms with Crippen LogP contribution in [0.25, 0.3) is 0 Å². The number of hydrogen-bond donors (Lipinski definition) is 2. The molecule has 2 saturated heterocycles. The molecule has 7 nitrogen and oxygen atoms in total. The van der Waals surface area contributed by atoms with Gasteiger partial charge >= 0.3 is 5.97 Å². The van der Waals surface area contributed by atoms with Crippen LogP contribution in [-0.2, 0) is 14.4 Å². The second-order valence-electron chi connectivity index (χ2n) is 5.74. The van der Waals surface area contributed by atoms with Crippen molar-refractivity contribution in [2.45, 2.75) is 32.2 Å². The molecule has 2 atom stereocenters. The number of hydrogen-bond acceptors (Lipinski definition) is 4. The fraction of sp³-hybridized carbons (Fsp3) is 0.786. The second-order valence-corrected chi connectivity index (χ2v) is 5.74. The van der Waals surface area contributed by atoms with Gasteiger partial charge in [0.05, 0.1) is 5.92 Å². The van der Waals surface area contributed by atoms with Gasteiger partial charge in [-0.15, -0.1) is 0 Å². The zero-order chi connectivity index (χ0) is 15.4. The Kier molecular flexibility index (Phi) is 5.17. The number of carboxylic acids is 1. The van der Waals surface area contributed by atoms with Crippen molar-refractivity contribution in [1.29, 1.82) is 0 Å². The van der Waals surface area contributed by atoms with Gasteiger partial charge in [-0.05, 0) is 25.9 Å². The first-order valence-electron chi connectivity index (χ1n) is 7.52. The Bertz CT molecular complexity index is 426. The molecule has 118 valence electrons. The van der Waals surface area contributed by atoms with Crippen molar-refractivity contribution in [3.8, 4) is 0 Å². The number of nitrogens with one attached hydrogen (secondary N) is 1. The van der Waals surface area contributed by atoms with Crippen molar-refractivity contribution in [3.63, 3.8) is 0 Å². The Morgan fingerprint density at radius 1 is 1.43 bits per heavy atom. The van der Waals surface area contributed by atoms with Gasteiger partial charge in [-0.2, -0.15) is 0 Å². The van der Waals surface area contributed by atoms with Crippen LogP contribution in [0.3, 0.4) is 0 Å². The van der Waals surface area contributed by atoms with E-state index in [1.165, 1.54) is 0 Å². The van der Waals surface area contributed by atoms with E-state index < -0.39 is 18.4 Å². The fourth-order valence-electron chi connectivity index (χ4n) is 3.20. The Hall–Kier alpha value is -1.63. The Balaban J connectivity index is 1.84. The number of nitrogens with zero attached hydrogens (tertiary/aromatic N) is 2. The smallest absolute Gasteiger partial charge is 0.322 e. The summed E-state index contributed by atoms with van der Waals surface area (Å²) in [5, 5.41) is 10.9. The summed E-state index contributed by atoms with van der Waals surface area (Å²) in [5.74, 6) is -1.84. The lowest BCUT2D eigenvalue weighted by molar-refractivity contribution is -0.138. The van der Waals surface area contributed by atoms with Crippen LogP contribution in [0.5, 0.6) is 0 Å². The standard InChI is InChI=1S/C14H23N3O4/c1-2-16-5-3-4-11(16)9-17-8-10(6-12(17)18)14(21)15-7-13(19)20/h10-11H,2-9H2,1H3,(H,15,21)(H,19,20). The largest absolute Gasteiger partial charge is 0.480 e. The van der Waals surface area contributed by atoms with Gasteiger partial charge in [0.25, 0.3) is 0 Å². The average molecular weight is 297 g/mol. The normalized spacial score (nSPS) is 26.3. The molecule has 2 aliphatic rings. The van der Waals surface area contributed by atoms with Crippen molar-refractivity contribution in [2.75, 3.05) is 32.7 Å². The first-order valence-corrected chi connectivity index (χ1v) is 7.52. The maximum absolute atomic E-state index is 12.0. The molecule has 7 heteroatoms. The van der Waals surface area contributed by atoms with Gasteiger partial charge < -0.3 is 15.3 Å². The molecule has 2 fully saturated rings. The van der Waals surface area contributed by atoms with Gasteiger partial charge in [0.1, 0.15) is 6.54 Å². The van der Waals surface area contributed by atoms with E-state index in [1.54, 1.807) is 4.90 Å². The summed E-state index contributed by atoms with van der Waals surface area (Å²) < 4.78 is 0. The zero-order valence-corrected chi connectivity index (χ0v) is 12.4. The van der Waals surface area contributed by atoms with E-state index in [4.69, 9.17) is 5.11 Å². The lowest BCUT2D eigenvalue weighted by Crippen LogP contribution is -2.41. The van der Waals surface area contributed by atoms with Crippen LogP contribution in [-0.4, -0.2) is 71.5 Å². The summed E-state index contributed by atoms with van der Waals surface area (Å²) in [7, 11) is 0. The molecule has 0 aromatic carbocycles. The monoisotopic (exact) mass is 297 g/mol. The maximum atomic E-state index is 12.0. The van der Waals surface area contributed by atoms with Crippen LogP contribution in [0, 0.1) is 5.92 Å². The summed E-state index contributed by atoms with van der Waals surface area (Å²) >= 11 is 0. The van der Waals surface area contributed by atoms with Gasteiger partial charge in [-0.1, -0.05) is 6.92 Å². The van der Waals surface area contributed by atoms with Crippen LogP contribution in [0.1, 0.15) is 26.2 Å². The molecule has 2 rings (SSSR count). The van der Waals surface area contributed by atoms with Gasteiger partial charge in [-0.25, -0.2) is 0 Å². The van der Waals surface area contributed by atoms with E-state index >= 15 is 0 Å². The quantitative estimate of drug-likeness (QED) is 0.691. The SMILES string of the molecule is CCN1CCCC1CN1CC(C(=O)NCC(=O)O)CC1=O. The Morgan fingerprint density at radius 3 is 2.86 bits per heavy atom. The molecule has 21 heavy (non-hydrogen) atoms. The van der Waals surface area contributed by atoms with Crippen molar-refractivity contribution < 1.29 is 19.5 Å². The Morgan fingerprint density at radius 2 is 2.19 bits per heavy atom. The van der Waals surface area contributed by atoms with Gasteiger partial charge in [0.2, 0.25) is 11.8 Å². The minimum atomic E-state index is -1.07. The van der Waals surface area contributed by atoms with Gasteiger partial charge in [0, 0.05) is 25.6 Å². The molecule has 0 spiro atoms. The summed E-state index contributed by atoms with van der Waals surface area (Å²) in [5.41, 5.74) is 0. The summed E-state index contributed by atoms with van der Waals surface area (Å²) in [6.45, 7) is 4.86. The molecule has 2 aliphatic heterocycles. The maximum Gasteiger partial charge on any atom is 0.322 e. The molecular weight excluding hydrogens is 274 g/mol. The fourth-order valence-corrected chi connectivity index (χ4v) is 3.20. The number of likely N-dealkylation sites (tertiary alicyclic amines) is 2. The predicted molar refractivity (Wildman–Crippen MR) is 75.6 cm³/mol. The lowest BCUT2D eigenvalue weighted by atomic mass is 10.1. The highest BCUT2D eigenvalue weighted by Crippen LogP contribution is 2.23. The van der Waals surface area contributed by atoms with Crippen molar-refractivity contribution in [3.05, 3.63) is 0 Å². The van der Waals surface area contributed by atoms with Gasteiger partial charge in [0.15, 0.2) is 0 Å². The molecule has 0 aliphatic carbocycles. The van der Waals surface area contributed by atoms with E-state index in [0.717, 1.165) is 25.9 Å². The highest BCUT2D eigenvalue weighted by atomic mass is 16.4. The minimum Gasteiger partial charge on any atom is -0.480 e. The number of likely N-dealkylation sites (N-methyl/N-ethyl adjacent to an activating group) is 1. The van der Waals surface area contributed by atoms with Crippen molar-refractivity contribution >= 4 is 17.8 Å². The van der Waals surface area contributed by atoms with E-state index in [2.05, 4.69) is 17.1 Å². The van der Waals surface area contributed by atoms with Crippen molar-refractivity contribution in [1.82, 2.24) is 15.1 Å². The minimum absolute atomic E-state index is 0.00609. The van der Waals surface area contributed by atoms with E-state index in [9.17, 15) is 14.4 Å². The molecule has 2 N–H and O–H groups in total. The summed E-state index contributed by atoms with van der Waals surface area (Å²) in [6, 6.07) is 0.389. The second kappa shape index (κ2) is 6.89. The third kappa shape index (κ3) is 3.93. The van der Waals surface area contributed by atoms with Gasteiger partial charge in [-0.3, -0.25) is 19.3 Å². The van der Waals surface area contributed by atoms with Crippen LogP contribution >= 0.6 is 0 Å². The zero-order valence-electron chi connectivity index (χ0n) is 12.4. The van der Waals surface area contributed by atoms with Crippen LogP contribution in [0.4, 0.5) is 0 Å². The number of carboxylic acid groups (broad SMARTS) is 1. The first-order chi connectivity index (χ1) is 10.0. The molecule has 0 bridgehead atoms. The van der Waals surface area contributed by atoms with E-state index in [1.807, 2.05) is 0 Å². The Labute approximate surface area is 124 Å².